The van der Waals surface area contributed by atoms with Gasteiger partial charge in [-0.15, -0.1) is 0 Å². The Hall–Kier alpha value is -1.42. The summed E-state index contributed by atoms with van der Waals surface area (Å²) in [4.78, 5) is 1.22. The van der Waals surface area contributed by atoms with E-state index in [1.54, 1.807) is 38.1 Å². The van der Waals surface area contributed by atoms with E-state index in [-0.39, 0.29) is 11.5 Å². The molecule has 0 bridgehead atoms. The summed E-state index contributed by atoms with van der Waals surface area (Å²) >= 11 is 0. The van der Waals surface area contributed by atoms with Crippen LogP contribution >= 0.6 is 0 Å². The lowest BCUT2D eigenvalue weighted by Gasteiger charge is -2.25. The van der Waals surface area contributed by atoms with Gasteiger partial charge >= 0.3 is 0 Å². The first-order valence-corrected chi connectivity index (χ1v) is 12.8. The monoisotopic (exact) mass is 466 g/mol. The van der Waals surface area contributed by atoms with Crippen LogP contribution in [-0.4, -0.2) is 60.3 Å². The molecule has 0 saturated carbocycles. The van der Waals surface area contributed by atoms with Crippen LogP contribution in [0.2, 0.25) is 0 Å². The van der Waals surface area contributed by atoms with Gasteiger partial charge in [0.2, 0.25) is 0 Å². The topological polar surface area (TPSA) is 93.1 Å². The molecular weight excluding hydrogens is 436 g/mol. The highest BCUT2D eigenvalue weighted by Gasteiger charge is 2.48. The van der Waals surface area contributed by atoms with E-state index in [1.807, 2.05) is 38.1 Å². The van der Waals surface area contributed by atoms with E-state index in [2.05, 4.69) is 0 Å². The summed E-state index contributed by atoms with van der Waals surface area (Å²) < 4.78 is 37.1. The Bertz CT molecular complexity index is 851. The Morgan fingerprint density at radius 3 is 1.42 bits per heavy atom. The van der Waals surface area contributed by atoms with Gasteiger partial charge in [-0.25, -0.2) is 0 Å². The third kappa shape index (κ3) is 6.31. The van der Waals surface area contributed by atoms with Gasteiger partial charge in [0.25, 0.3) is 0 Å². The number of benzene rings is 2. The zero-order valence-corrected chi connectivity index (χ0v) is 19.8. The molecule has 2 aromatic carbocycles. The average Bonchev–Trinajstić information content (AvgIpc) is 3.04. The van der Waals surface area contributed by atoms with Gasteiger partial charge < -0.3 is 19.7 Å². The number of ether oxygens (including phenoxy) is 2. The van der Waals surface area contributed by atoms with Crippen molar-refractivity contribution in [3.05, 3.63) is 59.7 Å². The van der Waals surface area contributed by atoms with Gasteiger partial charge in [-0.1, -0.05) is 35.4 Å². The molecule has 1 saturated heterocycles. The van der Waals surface area contributed by atoms with Crippen molar-refractivity contribution in [3.63, 3.8) is 0 Å². The highest BCUT2D eigenvalue weighted by Crippen LogP contribution is 2.33. The normalized spacial score (nSPS) is 24.5. The number of hydrogen-bond donors (Lipinski definition) is 2. The van der Waals surface area contributed by atoms with Crippen molar-refractivity contribution in [2.75, 3.05) is 11.5 Å². The fourth-order valence-corrected chi connectivity index (χ4v) is 5.75. The first kappa shape index (κ1) is 24.2. The number of rotatable bonds is 8. The molecule has 170 valence electrons. The van der Waals surface area contributed by atoms with Crippen LogP contribution in [0.25, 0.3) is 0 Å². The first-order chi connectivity index (χ1) is 14.6. The summed E-state index contributed by atoms with van der Waals surface area (Å²) in [6.07, 6.45) is -4.04. The van der Waals surface area contributed by atoms with Crippen LogP contribution in [0.4, 0.5) is 0 Å². The van der Waals surface area contributed by atoms with E-state index < -0.39 is 51.8 Å². The second-order valence-corrected chi connectivity index (χ2v) is 11.3. The first-order valence-electron chi connectivity index (χ1n) is 10.2. The average molecular weight is 467 g/mol. The summed E-state index contributed by atoms with van der Waals surface area (Å²) in [5.74, 6) is -1.15. The summed E-state index contributed by atoms with van der Waals surface area (Å²) in [5.41, 5.74) is 2.11. The summed E-state index contributed by atoms with van der Waals surface area (Å²) in [6, 6.07) is 14.5. The minimum Gasteiger partial charge on any atom is -0.389 e. The summed E-state index contributed by atoms with van der Waals surface area (Å²) in [7, 11) is -2.88. The zero-order chi connectivity index (χ0) is 22.8. The highest BCUT2D eigenvalue weighted by atomic mass is 32.2. The quantitative estimate of drug-likeness (QED) is 0.621. The van der Waals surface area contributed by atoms with E-state index in [4.69, 9.17) is 9.47 Å². The van der Waals surface area contributed by atoms with Crippen LogP contribution < -0.4 is 0 Å². The van der Waals surface area contributed by atoms with Crippen LogP contribution in [0.3, 0.4) is 0 Å². The maximum absolute atomic E-state index is 12.7. The number of hydrogen-bond acceptors (Lipinski definition) is 6. The molecule has 6 nitrogen and oxygen atoms in total. The predicted octanol–water partition coefficient (Wildman–Crippen LogP) is 2.46. The Balaban J connectivity index is 1.69. The molecule has 6 atom stereocenters. The van der Waals surface area contributed by atoms with Crippen LogP contribution in [0.15, 0.2) is 58.3 Å². The number of aliphatic hydroxyl groups excluding tert-OH is 2. The molecule has 0 aromatic heterocycles. The van der Waals surface area contributed by atoms with Crippen molar-refractivity contribution in [1.29, 1.82) is 0 Å². The van der Waals surface area contributed by atoms with Crippen molar-refractivity contribution in [2.45, 2.75) is 67.7 Å². The minimum atomic E-state index is -1.44. The zero-order valence-electron chi connectivity index (χ0n) is 18.2. The molecular formula is C23H30O6S2. The lowest BCUT2D eigenvalue weighted by molar-refractivity contribution is -0.158. The highest BCUT2D eigenvalue weighted by molar-refractivity contribution is 7.85. The summed E-state index contributed by atoms with van der Waals surface area (Å²) in [6.45, 7) is 7.26. The van der Waals surface area contributed by atoms with E-state index in [9.17, 15) is 18.6 Å². The van der Waals surface area contributed by atoms with E-state index in [0.717, 1.165) is 11.1 Å². The van der Waals surface area contributed by atoms with Crippen LogP contribution in [-0.2, 0) is 31.1 Å². The fourth-order valence-electron chi connectivity index (χ4n) is 3.48. The molecule has 2 N–H and O–H groups in total. The molecule has 3 rings (SSSR count). The predicted molar refractivity (Wildman–Crippen MR) is 121 cm³/mol. The van der Waals surface area contributed by atoms with Crippen molar-refractivity contribution >= 4 is 21.6 Å². The number of aryl methyl sites for hydroxylation is 2. The van der Waals surface area contributed by atoms with E-state index in [1.165, 1.54) is 0 Å². The molecule has 31 heavy (non-hydrogen) atoms. The third-order valence-corrected chi connectivity index (χ3v) is 8.02. The lowest BCUT2D eigenvalue weighted by atomic mass is 10.1. The van der Waals surface area contributed by atoms with Crippen molar-refractivity contribution in [1.82, 2.24) is 0 Å². The standard InChI is InChI=1S/C23H30O6S2/c1-15-5-9-17(10-6-15)30(26)13-19(24)21-22(29-23(3,4)28-21)20(25)14-31(27)18-11-7-16(2)8-12-18/h5-12,19-22,24-25H,13-14H2,1-4H3/t19-,20-,21+,22+,30-,31-/m1/s1. The molecule has 0 aliphatic carbocycles. The molecule has 0 unspecified atom stereocenters. The summed E-state index contributed by atoms with van der Waals surface area (Å²) in [5, 5.41) is 21.6. The third-order valence-electron chi connectivity index (χ3n) is 5.13. The molecule has 0 radical (unpaired) electrons. The van der Waals surface area contributed by atoms with Crippen LogP contribution in [0.5, 0.6) is 0 Å². The second-order valence-electron chi connectivity index (χ2n) is 8.35. The fraction of sp³-hybridized carbons (Fsp3) is 0.478. The van der Waals surface area contributed by atoms with E-state index in [0.29, 0.717) is 9.79 Å². The number of aliphatic hydroxyl groups is 2. The maximum atomic E-state index is 12.7. The molecule has 0 spiro atoms. The van der Waals surface area contributed by atoms with Crippen LogP contribution in [0.1, 0.15) is 25.0 Å². The Labute approximate surface area is 188 Å². The van der Waals surface area contributed by atoms with Gasteiger partial charge in [0.05, 0.1) is 45.3 Å². The van der Waals surface area contributed by atoms with Gasteiger partial charge in [0.1, 0.15) is 12.2 Å². The van der Waals surface area contributed by atoms with Gasteiger partial charge in [0.15, 0.2) is 5.79 Å². The maximum Gasteiger partial charge on any atom is 0.164 e. The van der Waals surface area contributed by atoms with Gasteiger partial charge in [-0.2, -0.15) is 0 Å². The molecule has 8 heteroatoms. The molecule has 1 fully saturated rings. The van der Waals surface area contributed by atoms with Gasteiger partial charge in [-0.05, 0) is 52.0 Å². The molecule has 0 amide bonds. The van der Waals surface area contributed by atoms with Crippen molar-refractivity contribution < 1.29 is 28.1 Å². The van der Waals surface area contributed by atoms with Gasteiger partial charge in [0, 0.05) is 9.79 Å². The SMILES string of the molecule is Cc1ccc([S@](=O)C[C@@H](O)[C@@H]2OC(C)(C)O[C@H]2[C@H](O)C[S@@](=O)c2ccc(C)cc2)cc1. The van der Waals surface area contributed by atoms with Crippen molar-refractivity contribution in [3.8, 4) is 0 Å². The Kier molecular flexibility index (Phi) is 7.83. The molecule has 2 aromatic rings. The molecule has 1 aliphatic heterocycles. The molecule has 1 aliphatic rings. The van der Waals surface area contributed by atoms with Crippen LogP contribution in [0, 0.1) is 13.8 Å². The Morgan fingerprint density at radius 1 is 0.774 bits per heavy atom. The molecule has 1 heterocycles. The largest absolute Gasteiger partial charge is 0.389 e. The Morgan fingerprint density at radius 2 is 1.10 bits per heavy atom. The van der Waals surface area contributed by atoms with E-state index >= 15 is 0 Å². The minimum absolute atomic E-state index is 0.0581. The second kappa shape index (κ2) is 10.0. The van der Waals surface area contributed by atoms with Crippen molar-refractivity contribution in [2.24, 2.45) is 0 Å². The lowest BCUT2D eigenvalue weighted by Crippen LogP contribution is -2.46. The smallest absolute Gasteiger partial charge is 0.164 e. The van der Waals surface area contributed by atoms with Gasteiger partial charge in [-0.3, -0.25) is 8.42 Å².